The molecule has 46 heavy (non-hydrogen) atoms. The molecule has 0 spiro atoms. The third-order valence-corrected chi connectivity index (χ3v) is 8.44. The van der Waals surface area contributed by atoms with Crippen molar-refractivity contribution in [2.24, 2.45) is 0 Å². The minimum atomic E-state index is -4.25. The number of methoxy groups -OCH3 is 1. The zero-order valence-electron chi connectivity index (χ0n) is 24.6. The number of nitrogens with zero attached hydrogens (tertiary/aromatic N) is 2. The maximum Gasteiger partial charge on any atom is 0.368 e. The lowest BCUT2D eigenvalue weighted by atomic mass is 9.97. The third-order valence-electron chi connectivity index (χ3n) is 7.30. The Labute approximate surface area is 260 Å². The summed E-state index contributed by atoms with van der Waals surface area (Å²) in [5.74, 6) is -0.413. The van der Waals surface area contributed by atoms with Crippen molar-refractivity contribution in [3.8, 4) is 39.7 Å². The molecule has 0 radical (unpaired) electrons. The van der Waals surface area contributed by atoms with E-state index in [1.54, 1.807) is 36.5 Å². The number of nitrogens with one attached hydrogen (secondary N) is 2. The van der Waals surface area contributed by atoms with Crippen LogP contribution in [-0.4, -0.2) is 52.7 Å². The van der Waals surface area contributed by atoms with Gasteiger partial charge in [-0.3, -0.25) is 9.10 Å². The molecule has 3 heterocycles. The first-order valence-electron chi connectivity index (χ1n) is 13.8. The van der Waals surface area contributed by atoms with Crippen LogP contribution in [0.25, 0.3) is 56.1 Å². The first kappa shape index (κ1) is 30.6. The topological polar surface area (TPSA) is 129 Å². The summed E-state index contributed by atoms with van der Waals surface area (Å²) in [7, 11) is -1.38. The number of oxazole rings is 1. The zero-order valence-corrected chi connectivity index (χ0v) is 25.4. The molecule has 6 aromatic rings. The molecular weight excluding hydrogens is 625 g/mol. The summed E-state index contributed by atoms with van der Waals surface area (Å²) in [6.07, 6.45) is -0.519. The van der Waals surface area contributed by atoms with Crippen molar-refractivity contribution >= 4 is 43.8 Å². The van der Waals surface area contributed by atoms with Gasteiger partial charge in [-0.15, -0.1) is 0 Å². The van der Waals surface area contributed by atoms with Gasteiger partial charge in [0, 0.05) is 34.6 Å². The fourth-order valence-corrected chi connectivity index (χ4v) is 6.12. The maximum atomic E-state index is 13.9. The van der Waals surface area contributed by atoms with Crippen LogP contribution in [-0.2, 0) is 10.0 Å². The minimum absolute atomic E-state index is 0.0443. The van der Waals surface area contributed by atoms with Crippen LogP contribution in [0.2, 0.25) is 0 Å². The Morgan fingerprint density at radius 3 is 2.41 bits per heavy atom. The van der Waals surface area contributed by atoms with Crippen LogP contribution in [0.3, 0.4) is 0 Å². The molecule has 3 aromatic heterocycles. The lowest BCUT2D eigenvalue weighted by Crippen LogP contribution is -2.34. The SMILES string of the molecule is CNC(=O)c1c(-c2ccc(F)cc2)oc2cc(N(CC(F)F)S(C)(=O)=O)c(-c3ccc(OC)c(-c4nc5[nH+]cccc5o4)c3)cc12. The number of ether oxygens (including phenoxy) is 1. The van der Waals surface area contributed by atoms with Crippen molar-refractivity contribution < 1.29 is 44.9 Å². The standard InChI is InChI=1S/C32H25F3N4O6S/c1-36-31(40)28-21-14-20(18-8-11-24(43-2)22(13-18)32-38-30-25(45-32)5-4-12-37-30)23(39(16-27(34)35)46(3,41)42)15-26(21)44-29(28)17-6-9-19(33)10-7-17/h4-15,27H,16H2,1-3H3,(H,36,40)/p+1. The number of fused-ring (bicyclic) bond motifs is 2. The number of aromatic amines is 1. The smallest absolute Gasteiger partial charge is 0.368 e. The number of H-pyrrole nitrogens is 1. The normalized spacial score (nSPS) is 11.8. The highest BCUT2D eigenvalue weighted by Gasteiger charge is 2.30. The summed E-state index contributed by atoms with van der Waals surface area (Å²) in [5.41, 5.74) is 2.25. The van der Waals surface area contributed by atoms with Crippen LogP contribution < -0.4 is 19.3 Å². The number of alkyl halides is 2. The van der Waals surface area contributed by atoms with Gasteiger partial charge in [-0.05, 0) is 60.2 Å². The van der Waals surface area contributed by atoms with Crippen molar-refractivity contribution in [2.75, 3.05) is 31.3 Å². The van der Waals surface area contributed by atoms with Crippen molar-refractivity contribution in [3.05, 3.63) is 84.3 Å². The lowest BCUT2D eigenvalue weighted by molar-refractivity contribution is -0.347. The van der Waals surface area contributed by atoms with Gasteiger partial charge >= 0.3 is 11.5 Å². The molecule has 6 rings (SSSR count). The minimum Gasteiger partial charge on any atom is -0.496 e. The quantitative estimate of drug-likeness (QED) is 0.205. The van der Waals surface area contributed by atoms with Gasteiger partial charge in [-0.25, -0.2) is 26.6 Å². The molecule has 2 N–H and O–H groups in total. The number of amides is 1. The zero-order chi connectivity index (χ0) is 32.7. The number of furan rings is 1. The van der Waals surface area contributed by atoms with E-state index < -0.39 is 34.7 Å². The van der Waals surface area contributed by atoms with Crippen molar-refractivity contribution in [2.45, 2.75) is 6.43 Å². The highest BCUT2D eigenvalue weighted by Crippen LogP contribution is 2.44. The Bertz CT molecular complexity index is 2180. The molecule has 10 nitrogen and oxygen atoms in total. The summed E-state index contributed by atoms with van der Waals surface area (Å²) in [6, 6.07) is 16.3. The largest absolute Gasteiger partial charge is 0.496 e. The number of anilines is 1. The van der Waals surface area contributed by atoms with Gasteiger partial charge in [0.15, 0.2) is 0 Å². The van der Waals surface area contributed by atoms with E-state index >= 15 is 0 Å². The van der Waals surface area contributed by atoms with Gasteiger partial charge in [0.25, 0.3) is 12.3 Å². The second kappa shape index (κ2) is 11.9. The third kappa shape index (κ3) is 5.62. The number of benzene rings is 3. The molecule has 236 valence electrons. The Hall–Kier alpha value is -5.37. The summed E-state index contributed by atoms with van der Waals surface area (Å²) < 4.78 is 85.6. The van der Waals surface area contributed by atoms with E-state index in [1.807, 2.05) is 0 Å². The van der Waals surface area contributed by atoms with Crippen molar-refractivity contribution in [1.82, 2.24) is 10.3 Å². The van der Waals surface area contributed by atoms with Gasteiger partial charge in [0.2, 0.25) is 15.6 Å². The molecule has 14 heteroatoms. The molecule has 0 bridgehead atoms. The van der Waals surface area contributed by atoms with E-state index in [1.165, 1.54) is 50.6 Å². The summed E-state index contributed by atoms with van der Waals surface area (Å²) >= 11 is 0. The molecule has 0 aliphatic heterocycles. The fraction of sp³-hybridized carbons (Fsp3) is 0.156. The highest BCUT2D eigenvalue weighted by atomic mass is 32.2. The predicted octanol–water partition coefficient (Wildman–Crippen LogP) is 5.93. The number of sulfonamides is 1. The second-order valence-corrected chi connectivity index (χ2v) is 12.2. The van der Waals surface area contributed by atoms with E-state index in [0.29, 0.717) is 38.0 Å². The molecule has 0 aliphatic rings. The molecule has 0 atom stereocenters. The second-order valence-electron chi connectivity index (χ2n) is 10.3. The van der Waals surface area contributed by atoms with Crippen LogP contribution in [0.5, 0.6) is 5.75 Å². The van der Waals surface area contributed by atoms with E-state index in [-0.39, 0.29) is 39.4 Å². The molecule has 0 aliphatic carbocycles. The Morgan fingerprint density at radius 1 is 1.02 bits per heavy atom. The summed E-state index contributed by atoms with van der Waals surface area (Å²) in [6.45, 7) is -1.14. The summed E-state index contributed by atoms with van der Waals surface area (Å²) in [5, 5.41) is 2.83. The molecule has 0 fully saturated rings. The number of carbonyl (C=O) groups is 1. The van der Waals surface area contributed by atoms with Gasteiger partial charge in [-0.2, -0.15) is 0 Å². The molecule has 0 saturated carbocycles. The monoisotopic (exact) mass is 651 g/mol. The van der Waals surface area contributed by atoms with Crippen LogP contribution in [0, 0.1) is 5.82 Å². The van der Waals surface area contributed by atoms with Gasteiger partial charge in [0.1, 0.15) is 28.5 Å². The Morgan fingerprint density at radius 2 is 1.76 bits per heavy atom. The number of aromatic nitrogens is 2. The first-order chi connectivity index (χ1) is 22.0. The number of halogens is 3. The Balaban J connectivity index is 1.66. The van der Waals surface area contributed by atoms with Crippen molar-refractivity contribution in [3.63, 3.8) is 0 Å². The molecule has 3 aromatic carbocycles. The summed E-state index contributed by atoms with van der Waals surface area (Å²) in [4.78, 5) is 20.7. The van der Waals surface area contributed by atoms with Gasteiger partial charge in [0.05, 0.1) is 37.4 Å². The van der Waals surface area contributed by atoms with Crippen LogP contribution in [0.4, 0.5) is 18.9 Å². The molecule has 0 saturated heterocycles. The van der Waals surface area contributed by atoms with Crippen LogP contribution in [0.1, 0.15) is 10.4 Å². The molecule has 1 amide bonds. The first-order valence-corrected chi connectivity index (χ1v) is 15.6. The van der Waals surface area contributed by atoms with E-state index in [0.717, 1.165) is 6.26 Å². The average Bonchev–Trinajstić information content (AvgIpc) is 3.64. The van der Waals surface area contributed by atoms with E-state index in [4.69, 9.17) is 13.6 Å². The van der Waals surface area contributed by atoms with Crippen LogP contribution >= 0.6 is 0 Å². The predicted molar refractivity (Wildman–Crippen MR) is 165 cm³/mol. The van der Waals surface area contributed by atoms with Crippen LogP contribution in [0.15, 0.2) is 81.8 Å². The van der Waals surface area contributed by atoms with E-state index in [9.17, 15) is 26.4 Å². The number of hydrogen-bond acceptors (Lipinski definition) is 7. The Kier molecular flexibility index (Phi) is 7.90. The number of carbonyl (C=O) groups excluding carboxylic acids is 1. The number of hydrogen-bond donors (Lipinski definition) is 1. The van der Waals surface area contributed by atoms with Crippen molar-refractivity contribution in [1.29, 1.82) is 0 Å². The molecular formula is C32H26F3N4O6S+. The maximum absolute atomic E-state index is 13.9. The van der Waals surface area contributed by atoms with E-state index in [2.05, 4.69) is 15.3 Å². The number of rotatable bonds is 9. The van der Waals surface area contributed by atoms with Gasteiger partial charge < -0.3 is 18.9 Å². The highest BCUT2D eigenvalue weighted by molar-refractivity contribution is 7.92. The fourth-order valence-electron chi connectivity index (χ4n) is 5.23. The average molecular weight is 652 g/mol. The van der Waals surface area contributed by atoms with Gasteiger partial charge in [-0.1, -0.05) is 6.07 Å². The molecule has 0 unspecified atom stereocenters. The lowest BCUT2D eigenvalue weighted by Gasteiger charge is -2.25. The number of pyridine rings is 1.